The number of aliphatic hydroxyl groups excluding tert-OH is 4. The molecule has 19 heteroatoms. The molecule has 2 aromatic heterocycles. The van der Waals surface area contributed by atoms with E-state index < -0.39 is 83.5 Å². The van der Waals surface area contributed by atoms with Crippen LogP contribution in [0, 0.1) is 13.8 Å². The van der Waals surface area contributed by atoms with E-state index >= 15 is 0 Å². The van der Waals surface area contributed by atoms with E-state index in [4.69, 9.17) is 42.0 Å². The first-order chi connectivity index (χ1) is 33.7. The highest BCUT2D eigenvalue weighted by Gasteiger charge is 2.52. The van der Waals surface area contributed by atoms with E-state index in [1.54, 1.807) is 102 Å². The van der Waals surface area contributed by atoms with Gasteiger partial charge in [0.15, 0.2) is 0 Å². The molecule has 71 heavy (non-hydrogen) atoms. The van der Waals surface area contributed by atoms with Gasteiger partial charge in [0.2, 0.25) is 12.6 Å². The molecule has 2 fully saturated rings. The van der Waals surface area contributed by atoms with Gasteiger partial charge in [0, 0.05) is 59.2 Å². The zero-order valence-electron chi connectivity index (χ0n) is 40.1. The van der Waals surface area contributed by atoms with Crippen molar-refractivity contribution in [2.45, 2.75) is 108 Å². The van der Waals surface area contributed by atoms with Gasteiger partial charge in [-0.2, -0.15) is 0 Å². The zero-order chi connectivity index (χ0) is 50.8. The second-order valence-corrected chi connectivity index (χ2v) is 18.9. The normalized spacial score (nSPS) is 24.5. The lowest BCUT2D eigenvalue weighted by Crippen LogP contribution is -2.63. The van der Waals surface area contributed by atoms with Gasteiger partial charge in [-0.05, 0) is 119 Å². The van der Waals surface area contributed by atoms with Gasteiger partial charge < -0.3 is 73.1 Å². The maximum Gasteiger partial charge on any atom is 0.360 e. The SMILES string of the molecule is CO[C@@H]1[C@@H](O)[C@@H](O)[C@H](Oc2ccc3cc(NC(=O)c4ccc5c(c4)-c4cc(C(=O)Nc6cc7ccc(O[C@@H]8OC(C)(C)[C@H](OC)[C@@H](O)[C@H]8O)c(C)c7oc6=O)ccc4OCC5)c(=O)oc3c2C)OC1(C)C. The van der Waals surface area contributed by atoms with Crippen molar-refractivity contribution in [1.29, 1.82) is 0 Å². The van der Waals surface area contributed by atoms with Crippen molar-refractivity contribution in [3.8, 4) is 28.4 Å². The molecule has 3 aliphatic rings. The van der Waals surface area contributed by atoms with Crippen LogP contribution in [0.4, 0.5) is 11.4 Å². The van der Waals surface area contributed by atoms with Crippen molar-refractivity contribution in [1.82, 2.24) is 0 Å². The van der Waals surface area contributed by atoms with Crippen molar-refractivity contribution in [2.24, 2.45) is 0 Å². The van der Waals surface area contributed by atoms with Crippen LogP contribution in [0.2, 0.25) is 0 Å². The lowest BCUT2D eigenvalue weighted by atomic mass is 9.89. The highest BCUT2D eigenvalue weighted by atomic mass is 16.7. The van der Waals surface area contributed by atoms with Crippen molar-refractivity contribution < 1.29 is 72.0 Å². The molecule has 0 bridgehead atoms. The Balaban J connectivity index is 0.919. The molecule has 0 unspecified atom stereocenters. The number of rotatable bonds is 10. The van der Waals surface area contributed by atoms with Gasteiger partial charge in [-0.1, -0.05) is 6.07 Å². The van der Waals surface area contributed by atoms with E-state index in [0.29, 0.717) is 51.8 Å². The first-order valence-electron chi connectivity index (χ1n) is 22.8. The summed E-state index contributed by atoms with van der Waals surface area (Å²) in [5.41, 5.74) is -0.498. The first-order valence-corrected chi connectivity index (χ1v) is 22.8. The predicted molar refractivity (Wildman–Crippen MR) is 256 cm³/mol. The fourth-order valence-electron chi connectivity index (χ4n) is 9.55. The van der Waals surface area contributed by atoms with Gasteiger partial charge in [-0.25, -0.2) is 9.59 Å². The lowest BCUT2D eigenvalue weighted by molar-refractivity contribution is -0.306. The Bertz CT molecular complexity index is 2990. The van der Waals surface area contributed by atoms with Crippen LogP contribution in [0.25, 0.3) is 33.1 Å². The monoisotopic (exact) mass is 978 g/mol. The smallest absolute Gasteiger partial charge is 0.360 e. The number of hydrogen-bond donors (Lipinski definition) is 6. The molecular formula is C52H54N2O17. The Labute approximate surface area is 405 Å². The highest BCUT2D eigenvalue weighted by molar-refractivity contribution is 6.07. The lowest BCUT2D eigenvalue weighted by Gasteiger charge is -2.46. The zero-order valence-corrected chi connectivity index (χ0v) is 40.1. The number of nitrogens with one attached hydrogen (secondary N) is 2. The second kappa shape index (κ2) is 18.8. The minimum atomic E-state index is -1.45. The van der Waals surface area contributed by atoms with Gasteiger partial charge >= 0.3 is 11.3 Å². The summed E-state index contributed by atoms with van der Waals surface area (Å²) in [7, 11) is 2.82. The maximum atomic E-state index is 13.8. The van der Waals surface area contributed by atoms with Crippen LogP contribution in [0.3, 0.4) is 0 Å². The van der Waals surface area contributed by atoms with Crippen LogP contribution < -0.4 is 36.1 Å². The molecule has 374 valence electrons. The minimum Gasteiger partial charge on any atom is -0.493 e. The van der Waals surface area contributed by atoms with E-state index in [0.717, 1.165) is 5.56 Å². The molecular weight excluding hydrogens is 925 g/mol. The van der Waals surface area contributed by atoms with Gasteiger partial charge in [-0.15, -0.1) is 0 Å². The summed E-state index contributed by atoms with van der Waals surface area (Å²) in [4.78, 5) is 54.4. The van der Waals surface area contributed by atoms with Crippen LogP contribution in [0.15, 0.2) is 91.2 Å². The number of aliphatic hydroxyl groups is 4. The number of aryl methyl sites for hydroxylation is 2. The highest BCUT2D eigenvalue weighted by Crippen LogP contribution is 2.39. The summed E-state index contributed by atoms with van der Waals surface area (Å²) >= 11 is 0. The average molecular weight is 979 g/mol. The summed E-state index contributed by atoms with van der Waals surface area (Å²) in [6.45, 7) is 10.4. The second-order valence-electron chi connectivity index (χ2n) is 18.9. The molecule has 0 aliphatic carbocycles. The summed E-state index contributed by atoms with van der Waals surface area (Å²) in [5.74, 6) is -0.330. The number of carbonyl (C=O) groups excluding carboxylic acids is 2. The van der Waals surface area contributed by atoms with Crippen LogP contribution in [0.5, 0.6) is 17.2 Å². The molecule has 19 nitrogen and oxygen atoms in total. The molecule has 9 rings (SSSR count). The molecule has 2 saturated heterocycles. The Morgan fingerprint density at radius 3 is 1.52 bits per heavy atom. The molecule has 6 aromatic rings. The number of fused-ring (bicyclic) bond motifs is 5. The third-order valence-electron chi connectivity index (χ3n) is 13.3. The Kier molecular flexibility index (Phi) is 13.1. The van der Waals surface area contributed by atoms with E-state index in [9.17, 15) is 39.6 Å². The van der Waals surface area contributed by atoms with Gasteiger partial charge in [0.1, 0.15) is 76.4 Å². The number of carbonyl (C=O) groups is 2. The summed E-state index contributed by atoms with van der Waals surface area (Å²) in [6.07, 6.45) is -9.19. The number of benzene rings is 4. The molecule has 5 heterocycles. The summed E-state index contributed by atoms with van der Waals surface area (Å²) < 4.78 is 52.0. The number of methoxy groups -OCH3 is 2. The summed E-state index contributed by atoms with van der Waals surface area (Å²) in [6, 6.07) is 19.2. The molecule has 0 spiro atoms. The third-order valence-corrected chi connectivity index (χ3v) is 13.3. The predicted octanol–water partition coefficient (Wildman–Crippen LogP) is 5.12. The van der Waals surface area contributed by atoms with E-state index in [-0.39, 0.29) is 45.2 Å². The molecule has 4 aromatic carbocycles. The summed E-state index contributed by atoms with van der Waals surface area (Å²) in [5, 5.41) is 49.2. The van der Waals surface area contributed by atoms with Crippen molar-refractivity contribution in [2.75, 3.05) is 31.5 Å². The fraction of sp³-hybridized carbons (Fsp3) is 0.385. The Morgan fingerprint density at radius 2 is 1.06 bits per heavy atom. The van der Waals surface area contributed by atoms with Crippen molar-refractivity contribution in [3.63, 3.8) is 0 Å². The van der Waals surface area contributed by atoms with E-state index in [1.807, 2.05) is 0 Å². The van der Waals surface area contributed by atoms with Crippen LogP contribution >= 0.6 is 0 Å². The van der Waals surface area contributed by atoms with Gasteiger partial charge in [0.25, 0.3) is 11.8 Å². The van der Waals surface area contributed by atoms with Gasteiger partial charge in [0.05, 0.1) is 17.8 Å². The van der Waals surface area contributed by atoms with Gasteiger partial charge in [-0.3, -0.25) is 9.59 Å². The maximum absolute atomic E-state index is 13.8. The van der Waals surface area contributed by atoms with Crippen molar-refractivity contribution >= 4 is 45.1 Å². The van der Waals surface area contributed by atoms with Crippen LogP contribution in [0.1, 0.15) is 65.1 Å². The molecule has 8 atom stereocenters. The molecule has 0 radical (unpaired) electrons. The minimum absolute atomic E-state index is 0.128. The topological polar surface area (TPSA) is 264 Å². The first kappa shape index (κ1) is 49.3. The van der Waals surface area contributed by atoms with E-state index in [1.165, 1.54) is 26.4 Å². The Morgan fingerprint density at radius 1 is 0.606 bits per heavy atom. The standard InChI is InChI=1S/C52H54N2O17/c1-23-34(66-49-39(57)37(55)43(63-7)51(3,4)70-49)14-11-26-21-32(47(61)68-41(23)26)53-45(59)28-10-9-25-17-18-65-36-16-13-29(20-31(36)30(25)19-28)46(60)54-33-22-27-12-15-35(24(2)42(27)69-48(33)62)67-50-40(58)38(56)44(64-8)52(5,6)71-50/h9-16,19-22,37-40,43-44,49-50,55-58H,17-18H2,1-8H3,(H,53,59)(H,54,60)/t37-,38-,39+,40+,43+,44+,49+,50+/m0/s1. The molecule has 0 saturated carbocycles. The largest absolute Gasteiger partial charge is 0.493 e. The molecule has 6 N–H and O–H groups in total. The fourth-order valence-corrected chi connectivity index (χ4v) is 9.55. The molecule has 2 amide bonds. The number of anilines is 2. The number of ether oxygens (including phenoxy) is 7. The average Bonchev–Trinajstić information content (AvgIpc) is 3.51. The van der Waals surface area contributed by atoms with Crippen LogP contribution in [-0.2, 0) is 25.4 Å². The van der Waals surface area contributed by atoms with E-state index in [2.05, 4.69) is 10.6 Å². The molecule has 3 aliphatic heterocycles. The number of hydrogen-bond acceptors (Lipinski definition) is 17. The third kappa shape index (κ3) is 9.15. The van der Waals surface area contributed by atoms with Crippen LogP contribution in [-0.4, -0.2) is 113 Å². The Hall–Kier alpha value is -6.68. The number of amides is 2. The quantitative estimate of drug-likeness (QED) is 0.0973. The van der Waals surface area contributed by atoms with Crippen molar-refractivity contribution in [3.05, 3.63) is 121 Å².